The number of thiazole rings is 1. The molecule has 1 amide bonds. The van der Waals surface area contributed by atoms with Gasteiger partial charge in [0.15, 0.2) is 5.13 Å². The van der Waals surface area contributed by atoms with Gasteiger partial charge in [-0.3, -0.25) is 4.79 Å². The zero-order valence-corrected chi connectivity index (χ0v) is 16.0. The average molecular weight is 372 g/mol. The standard InChI is InChI=1S/C20H24N2O3S/c1-24-15-5-6-18(25-2)16(10-15)17-11-26-20(21-17)22-19(23)9-14-8-12-3-4-13(14)7-12/h5-6,10-14H,3-4,7-9H2,1-2H3,(H,21,22,23)/t12-,13+,14-/m0/s1. The van der Waals surface area contributed by atoms with Crippen LogP contribution in [-0.2, 0) is 4.79 Å². The number of rotatable bonds is 6. The van der Waals surface area contributed by atoms with E-state index in [9.17, 15) is 4.79 Å². The van der Waals surface area contributed by atoms with Crippen LogP contribution in [0.15, 0.2) is 23.6 Å². The van der Waals surface area contributed by atoms with Crippen LogP contribution in [0.1, 0.15) is 32.1 Å². The Morgan fingerprint density at radius 3 is 2.85 bits per heavy atom. The lowest BCUT2D eigenvalue weighted by Crippen LogP contribution is -2.20. The van der Waals surface area contributed by atoms with E-state index < -0.39 is 0 Å². The Morgan fingerprint density at radius 2 is 2.15 bits per heavy atom. The minimum atomic E-state index is 0.0843. The molecule has 0 spiro atoms. The Morgan fingerprint density at radius 1 is 1.27 bits per heavy atom. The molecule has 1 aromatic carbocycles. The van der Waals surface area contributed by atoms with E-state index in [1.165, 1.54) is 37.0 Å². The molecule has 2 aromatic rings. The lowest BCUT2D eigenvalue weighted by atomic mass is 9.86. The highest BCUT2D eigenvalue weighted by Gasteiger charge is 2.40. The van der Waals surface area contributed by atoms with Crippen LogP contribution >= 0.6 is 11.3 Å². The zero-order chi connectivity index (χ0) is 18.1. The highest BCUT2D eigenvalue weighted by molar-refractivity contribution is 7.14. The van der Waals surface area contributed by atoms with Crippen molar-refractivity contribution in [2.75, 3.05) is 19.5 Å². The molecular weight excluding hydrogens is 348 g/mol. The summed E-state index contributed by atoms with van der Waals surface area (Å²) in [6.45, 7) is 0. The molecule has 1 heterocycles. The van der Waals surface area contributed by atoms with Crippen molar-refractivity contribution >= 4 is 22.4 Å². The molecule has 4 rings (SSSR count). The smallest absolute Gasteiger partial charge is 0.226 e. The highest BCUT2D eigenvalue weighted by atomic mass is 32.1. The molecule has 2 bridgehead atoms. The van der Waals surface area contributed by atoms with E-state index in [2.05, 4.69) is 10.3 Å². The minimum absolute atomic E-state index is 0.0843. The quantitative estimate of drug-likeness (QED) is 0.805. The molecular formula is C20H24N2O3S. The van der Waals surface area contributed by atoms with Gasteiger partial charge in [-0.15, -0.1) is 11.3 Å². The summed E-state index contributed by atoms with van der Waals surface area (Å²) < 4.78 is 10.7. The van der Waals surface area contributed by atoms with Crippen LogP contribution in [0.25, 0.3) is 11.3 Å². The lowest BCUT2D eigenvalue weighted by molar-refractivity contribution is -0.117. The fourth-order valence-corrected chi connectivity index (χ4v) is 5.23. The van der Waals surface area contributed by atoms with Crippen molar-refractivity contribution in [3.8, 4) is 22.8 Å². The van der Waals surface area contributed by atoms with Gasteiger partial charge in [-0.2, -0.15) is 0 Å². The fourth-order valence-electron chi connectivity index (χ4n) is 4.50. The Hall–Kier alpha value is -2.08. The van der Waals surface area contributed by atoms with Crippen LogP contribution in [0.5, 0.6) is 11.5 Å². The van der Waals surface area contributed by atoms with E-state index in [4.69, 9.17) is 9.47 Å². The molecule has 26 heavy (non-hydrogen) atoms. The second kappa shape index (κ2) is 7.27. The molecule has 5 nitrogen and oxygen atoms in total. The number of carbonyl (C=O) groups excluding carboxylic acids is 1. The monoisotopic (exact) mass is 372 g/mol. The molecule has 1 aromatic heterocycles. The molecule has 2 fully saturated rings. The maximum atomic E-state index is 12.4. The Labute approximate surface area is 157 Å². The van der Waals surface area contributed by atoms with Crippen LogP contribution in [0.2, 0.25) is 0 Å². The summed E-state index contributed by atoms with van der Waals surface area (Å²) in [5.74, 6) is 3.75. The third kappa shape index (κ3) is 3.43. The van der Waals surface area contributed by atoms with Gasteiger partial charge in [-0.25, -0.2) is 4.98 Å². The largest absolute Gasteiger partial charge is 0.497 e. The van der Waals surface area contributed by atoms with E-state index in [0.717, 1.165) is 34.6 Å². The Kier molecular flexibility index (Phi) is 4.85. The number of nitrogens with one attached hydrogen (secondary N) is 1. The highest BCUT2D eigenvalue weighted by Crippen LogP contribution is 2.49. The van der Waals surface area contributed by atoms with Crippen molar-refractivity contribution < 1.29 is 14.3 Å². The number of benzene rings is 1. The number of anilines is 1. The summed E-state index contributed by atoms with van der Waals surface area (Å²) in [7, 11) is 3.27. The number of hydrogen-bond acceptors (Lipinski definition) is 5. The summed E-state index contributed by atoms with van der Waals surface area (Å²) >= 11 is 1.44. The summed E-state index contributed by atoms with van der Waals surface area (Å²) in [6.07, 6.45) is 5.84. The third-order valence-corrected chi connectivity index (χ3v) is 6.52. The van der Waals surface area contributed by atoms with E-state index in [-0.39, 0.29) is 5.91 Å². The molecule has 2 aliphatic carbocycles. The van der Waals surface area contributed by atoms with Gasteiger partial charge in [-0.05, 0) is 55.2 Å². The van der Waals surface area contributed by atoms with Crippen LogP contribution in [0.4, 0.5) is 5.13 Å². The maximum Gasteiger partial charge on any atom is 0.226 e. The maximum absolute atomic E-state index is 12.4. The van der Waals surface area contributed by atoms with Crippen LogP contribution in [0.3, 0.4) is 0 Å². The first-order valence-corrected chi connectivity index (χ1v) is 10.0. The summed E-state index contributed by atoms with van der Waals surface area (Å²) in [5, 5.41) is 5.55. The van der Waals surface area contributed by atoms with Gasteiger partial charge in [0.2, 0.25) is 5.91 Å². The number of amides is 1. The first-order chi connectivity index (χ1) is 12.7. The first-order valence-electron chi connectivity index (χ1n) is 9.14. The van der Waals surface area contributed by atoms with Gasteiger partial charge in [0, 0.05) is 17.4 Å². The molecule has 6 heteroatoms. The number of ether oxygens (including phenoxy) is 2. The SMILES string of the molecule is COc1ccc(OC)c(-c2csc(NC(=O)C[C@@H]3C[C@H]4CC[C@@H]3C4)n2)c1. The van der Waals surface area contributed by atoms with E-state index >= 15 is 0 Å². The predicted molar refractivity (Wildman–Crippen MR) is 103 cm³/mol. The Bertz CT molecular complexity index is 804. The number of nitrogens with zero attached hydrogens (tertiary/aromatic N) is 1. The lowest BCUT2D eigenvalue weighted by Gasteiger charge is -2.20. The van der Waals surface area contributed by atoms with Crippen molar-refractivity contribution in [3.63, 3.8) is 0 Å². The van der Waals surface area contributed by atoms with E-state index in [1.807, 2.05) is 23.6 Å². The molecule has 3 atom stereocenters. The van der Waals surface area contributed by atoms with Crippen molar-refractivity contribution in [1.82, 2.24) is 4.98 Å². The van der Waals surface area contributed by atoms with E-state index in [1.54, 1.807) is 14.2 Å². The molecule has 2 aliphatic rings. The molecule has 1 N–H and O–H groups in total. The molecule has 0 radical (unpaired) electrons. The van der Waals surface area contributed by atoms with Crippen LogP contribution in [-0.4, -0.2) is 25.1 Å². The van der Waals surface area contributed by atoms with Gasteiger partial charge in [0.05, 0.1) is 19.9 Å². The van der Waals surface area contributed by atoms with Crippen molar-refractivity contribution in [2.24, 2.45) is 17.8 Å². The van der Waals surface area contributed by atoms with Crippen LogP contribution < -0.4 is 14.8 Å². The average Bonchev–Trinajstić information content (AvgIpc) is 3.38. The number of aromatic nitrogens is 1. The van der Waals surface area contributed by atoms with Gasteiger partial charge >= 0.3 is 0 Å². The normalized spacial score (nSPS) is 23.8. The number of methoxy groups -OCH3 is 2. The first kappa shape index (κ1) is 17.3. The fraction of sp³-hybridized carbons (Fsp3) is 0.500. The minimum Gasteiger partial charge on any atom is -0.497 e. The van der Waals surface area contributed by atoms with E-state index in [0.29, 0.717) is 17.5 Å². The molecule has 138 valence electrons. The van der Waals surface area contributed by atoms with Gasteiger partial charge in [-0.1, -0.05) is 6.42 Å². The summed E-state index contributed by atoms with van der Waals surface area (Å²) in [6, 6.07) is 5.61. The second-order valence-corrected chi connectivity index (χ2v) is 8.15. The number of fused-ring (bicyclic) bond motifs is 2. The van der Waals surface area contributed by atoms with Gasteiger partial charge in [0.1, 0.15) is 11.5 Å². The van der Waals surface area contributed by atoms with Crippen molar-refractivity contribution in [1.29, 1.82) is 0 Å². The zero-order valence-electron chi connectivity index (χ0n) is 15.2. The molecule has 0 unspecified atom stereocenters. The number of hydrogen-bond donors (Lipinski definition) is 1. The molecule has 2 saturated carbocycles. The van der Waals surface area contributed by atoms with Crippen LogP contribution in [0, 0.1) is 17.8 Å². The molecule has 0 aliphatic heterocycles. The predicted octanol–water partition coefficient (Wildman–Crippen LogP) is 4.59. The van der Waals surface area contributed by atoms with Gasteiger partial charge in [0.25, 0.3) is 0 Å². The number of carbonyl (C=O) groups is 1. The molecule has 0 saturated heterocycles. The second-order valence-electron chi connectivity index (χ2n) is 7.29. The van der Waals surface area contributed by atoms with Crippen molar-refractivity contribution in [2.45, 2.75) is 32.1 Å². The third-order valence-electron chi connectivity index (χ3n) is 5.77. The Balaban J connectivity index is 1.44. The topological polar surface area (TPSA) is 60.5 Å². The summed E-state index contributed by atoms with van der Waals surface area (Å²) in [4.78, 5) is 17.0. The van der Waals surface area contributed by atoms with Crippen molar-refractivity contribution in [3.05, 3.63) is 23.6 Å². The van der Waals surface area contributed by atoms with Gasteiger partial charge < -0.3 is 14.8 Å². The summed E-state index contributed by atoms with van der Waals surface area (Å²) in [5.41, 5.74) is 1.64.